The summed E-state index contributed by atoms with van der Waals surface area (Å²) >= 11 is 0. The minimum Gasteiger partial charge on any atom is -0.366 e. The minimum absolute atomic E-state index is 0.429. The van der Waals surface area contributed by atoms with Gasteiger partial charge in [-0.2, -0.15) is 0 Å². The van der Waals surface area contributed by atoms with Crippen molar-refractivity contribution >= 4 is 18.1 Å². The normalized spacial score (nSPS) is 10.9. The van der Waals surface area contributed by atoms with Gasteiger partial charge in [-0.25, -0.2) is 0 Å². The van der Waals surface area contributed by atoms with E-state index in [2.05, 4.69) is 4.98 Å². The first-order chi connectivity index (χ1) is 8.18. The van der Waals surface area contributed by atoms with Gasteiger partial charge in [0.05, 0.1) is 5.56 Å². The molecule has 0 saturated carbocycles. The van der Waals surface area contributed by atoms with Gasteiger partial charge in [-0.15, -0.1) is 0 Å². The highest BCUT2D eigenvalue weighted by Crippen LogP contribution is 2.11. The first kappa shape index (κ1) is 11.1. The van der Waals surface area contributed by atoms with Crippen LogP contribution >= 0.6 is 0 Å². The number of carbonyl (C=O) groups excluding carboxylic acids is 1. The SMILES string of the molecule is Cn1cccc1/C=C/c1ccncc1C(N)=O. The van der Waals surface area contributed by atoms with Crippen LogP contribution in [0.4, 0.5) is 0 Å². The standard InChI is InChI=1S/C13H13N3O/c1-16-8-2-3-11(16)5-4-10-6-7-15-9-12(10)13(14)17/h2-9H,1H3,(H2,14,17)/b5-4+. The summed E-state index contributed by atoms with van der Waals surface area (Å²) < 4.78 is 1.99. The zero-order valence-corrected chi connectivity index (χ0v) is 9.50. The summed E-state index contributed by atoms with van der Waals surface area (Å²) in [5, 5.41) is 0. The van der Waals surface area contributed by atoms with E-state index >= 15 is 0 Å². The number of nitrogens with zero attached hydrogens (tertiary/aromatic N) is 2. The van der Waals surface area contributed by atoms with Crippen LogP contribution in [0.1, 0.15) is 21.6 Å². The summed E-state index contributed by atoms with van der Waals surface area (Å²) in [7, 11) is 1.96. The maximum Gasteiger partial charge on any atom is 0.250 e. The minimum atomic E-state index is -0.468. The van der Waals surface area contributed by atoms with Crippen LogP contribution in [0, 0.1) is 0 Å². The predicted octanol–water partition coefficient (Wildman–Crippen LogP) is 1.69. The molecule has 2 aromatic rings. The molecule has 0 fully saturated rings. The van der Waals surface area contributed by atoms with Gasteiger partial charge in [0.25, 0.3) is 5.91 Å². The molecule has 0 spiro atoms. The van der Waals surface area contributed by atoms with Crippen LogP contribution < -0.4 is 5.73 Å². The lowest BCUT2D eigenvalue weighted by Crippen LogP contribution is -2.12. The Morgan fingerprint density at radius 1 is 1.41 bits per heavy atom. The van der Waals surface area contributed by atoms with Gasteiger partial charge in [0.1, 0.15) is 0 Å². The lowest BCUT2D eigenvalue weighted by Gasteiger charge is -2.00. The van der Waals surface area contributed by atoms with E-state index in [0.29, 0.717) is 5.56 Å². The van der Waals surface area contributed by atoms with Gasteiger partial charge in [0, 0.05) is 31.3 Å². The molecule has 1 amide bonds. The third-order valence-electron chi connectivity index (χ3n) is 2.54. The maximum absolute atomic E-state index is 11.2. The van der Waals surface area contributed by atoms with Gasteiger partial charge in [0.2, 0.25) is 0 Å². The molecule has 17 heavy (non-hydrogen) atoms. The fourth-order valence-corrected chi connectivity index (χ4v) is 1.58. The molecule has 0 aliphatic rings. The monoisotopic (exact) mass is 227 g/mol. The topological polar surface area (TPSA) is 60.9 Å². The number of hydrogen-bond acceptors (Lipinski definition) is 2. The Labute approximate surface area is 99.4 Å². The summed E-state index contributed by atoms with van der Waals surface area (Å²) in [6, 6.07) is 5.71. The molecular weight excluding hydrogens is 214 g/mol. The van der Waals surface area contributed by atoms with Gasteiger partial charge < -0.3 is 10.3 Å². The van der Waals surface area contributed by atoms with E-state index < -0.39 is 5.91 Å². The van der Waals surface area contributed by atoms with Gasteiger partial charge in [-0.05, 0) is 29.8 Å². The Morgan fingerprint density at radius 2 is 2.24 bits per heavy atom. The van der Waals surface area contributed by atoms with E-state index in [9.17, 15) is 4.79 Å². The molecule has 2 aromatic heterocycles. The maximum atomic E-state index is 11.2. The molecule has 0 aliphatic heterocycles. The molecule has 0 atom stereocenters. The number of nitrogens with two attached hydrogens (primary N) is 1. The highest BCUT2D eigenvalue weighted by Gasteiger charge is 2.04. The van der Waals surface area contributed by atoms with Crippen molar-refractivity contribution in [1.29, 1.82) is 0 Å². The second-order valence-electron chi connectivity index (χ2n) is 3.70. The molecule has 86 valence electrons. The summed E-state index contributed by atoms with van der Waals surface area (Å²) in [5.74, 6) is -0.468. The first-order valence-corrected chi connectivity index (χ1v) is 5.21. The van der Waals surface area contributed by atoms with Gasteiger partial charge in [-0.3, -0.25) is 9.78 Å². The molecule has 0 aromatic carbocycles. The van der Waals surface area contributed by atoms with Crippen molar-refractivity contribution in [3.8, 4) is 0 Å². The number of hydrogen-bond donors (Lipinski definition) is 1. The van der Waals surface area contributed by atoms with Crippen LogP contribution in [0.15, 0.2) is 36.8 Å². The van der Waals surface area contributed by atoms with E-state index in [1.165, 1.54) is 6.20 Å². The zero-order chi connectivity index (χ0) is 12.3. The predicted molar refractivity (Wildman–Crippen MR) is 67.1 cm³/mol. The van der Waals surface area contributed by atoms with Crippen LogP contribution in [0.5, 0.6) is 0 Å². The van der Waals surface area contributed by atoms with Crippen LogP contribution in [0.25, 0.3) is 12.2 Å². The number of aryl methyl sites for hydroxylation is 1. The van der Waals surface area contributed by atoms with Crippen molar-refractivity contribution < 1.29 is 4.79 Å². The summed E-state index contributed by atoms with van der Waals surface area (Å²) in [5.41, 5.74) is 7.53. The van der Waals surface area contributed by atoms with Crippen LogP contribution in [-0.4, -0.2) is 15.5 Å². The fraction of sp³-hybridized carbons (Fsp3) is 0.0769. The number of carbonyl (C=O) groups is 1. The Balaban J connectivity index is 2.33. The quantitative estimate of drug-likeness (QED) is 0.867. The molecule has 0 radical (unpaired) electrons. The number of amides is 1. The van der Waals surface area contributed by atoms with E-state index in [-0.39, 0.29) is 0 Å². The Kier molecular flexibility index (Phi) is 3.05. The van der Waals surface area contributed by atoms with Gasteiger partial charge in [0.15, 0.2) is 0 Å². The highest BCUT2D eigenvalue weighted by atomic mass is 16.1. The van der Waals surface area contributed by atoms with Crippen molar-refractivity contribution in [2.24, 2.45) is 12.8 Å². The van der Waals surface area contributed by atoms with Crippen molar-refractivity contribution in [1.82, 2.24) is 9.55 Å². The lowest BCUT2D eigenvalue weighted by molar-refractivity contribution is 0.1000. The molecule has 2 rings (SSSR count). The zero-order valence-electron chi connectivity index (χ0n) is 9.50. The molecule has 0 aliphatic carbocycles. The van der Waals surface area contributed by atoms with Crippen molar-refractivity contribution in [2.45, 2.75) is 0 Å². The lowest BCUT2D eigenvalue weighted by atomic mass is 10.1. The Hall–Kier alpha value is -2.36. The molecule has 4 nitrogen and oxygen atoms in total. The number of primary amides is 1. The van der Waals surface area contributed by atoms with Crippen LogP contribution in [-0.2, 0) is 7.05 Å². The van der Waals surface area contributed by atoms with Crippen LogP contribution in [0.2, 0.25) is 0 Å². The number of aromatic nitrogens is 2. The van der Waals surface area contributed by atoms with Crippen molar-refractivity contribution in [3.05, 3.63) is 53.6 Å². The molecule has 2 heterocycles. The van der Waals surface area contributed by atoms with Gasteiger partial charge >= 0.3 is 0 Å². The molecule has 0 unspecified atom stereocenters. The van der Waals surface area contributed by atoms with Gasteiger partial charge in [-0.1, -0.05) is 6.08 Å². The molecule has 4 heteroatoms. The van der Waals surface area contributed by atoms with E-state index in [0.717, 1.165) is 11.3 Å². The molecular formula is C13H13N3O. The second-order valence-corrected chi connectivity index (χ2v) is 3.70. The summed E-state index contributed by atoms with van der Waals surface area (Å²) in [6.45, 7) is 0. The highest BCUT2D eigenvalue weighted by molar-refractivity contribution is 5.97. The molecule has 0 bridgehead atoms. The van der Waals surface area contributed by atoms with Crippen LogP contribution in [0.3, 0.4) is 0 Å². The molecule has 0 saturated heterocycles. The Bertz CT molecular complexity index is 570. The summed E-state index contributed by atoms with van der Waals surface area (Å²) in [4.78, 5) is 15.1. The van der Waals surface area contributed by atoms with Crippen molar-refractivity contribution in [2.75, 3.05) is 0 Å². The fourth-order valence-electron chi connectivity index (χ4n) is 1.58. The number of pyridine rings is 1. The van der Waals surface area contributed by atoms with Crippen molar-refractivity contribution in [3.63, 3.8) is 0 Å². The first-order valence-electron chi connectivity index (χ1n) is 5.21. The summed E-state index contributed by atoms with van der Waals surface area (Å²) in [6.07, 6.45) is 8.87. The average molecular weight is 227 g/mol. The number of rotatable bonds is 3. The molecule has 2 N–H and O–H groups in total. The second kappa shape index (κ2) is 4.65. The third-order valence-corrected chi connectivity index (χ3v) is 2.54. The smallest absolute Gasteiger partial charge is 0.250 e. The van der Waals surface area contributed by atoms with E-state index in [1.54, 1.807) is 12.3 Å². The van der Waals surface area contributed by atoms with E-state index in [4.69, 9.17) is 5.73 Å². The largest absolute Gasteiger partial charge is 0.366 e. The Morgan fingerprint density at radius 3 is 2.88 bits per heavy atom. The average Bonchev–Trinajstić information content (AvgIpc) is 2.72. The third kappa shape index (κ3) is 2.42. The van der Waals surface area contributed by atoms with E-state index in [1.807, 2.05) is 42.1 Å².